The highest BCUT2D eigenvalue weighted by molar-refractivity contribution is 9.10. The first-order valence-electron chi connectivity index (χ1n) is 4.63. The van der Waals surface area contributed by atoms with Gasteiger partial charge in [-0.2, -0.15) is 0 Å². The third-order valence-electron chi connectivity index (χ3n) is 1.56. The summed E-state index contributed by atoms with van der Waals surface area (Å²) in [5.74, 6) is -0.578. The third-order valence-corrected chi connectivity index (χ3v) is 2.58. The maximum Gasteiger partial charge on any atom is 0.360 e. The second-order valence-electron chi connectivity index (χ2n) is 4.24. The second kappa shape index (κ2) is 4.67. The Kier molecular flexibility index (Phi) is 3.91. The van der Waals surface area contributed by atoms with Gasteiger partial charge >= 0.3 is 5.97 Å². The fourth-order valence-electron chi connectivity index (χ4n) is 0.928. The van der Waals surface area contributed by atoms with Gasteiger partial charge in [0.05, 0.1) is 5.69 Å². The fourth-order valence-corrected chi connectivity index (χ4v) is 1.44. The lowest BCUT2D eigenvalue weighted by atomic mass is 10.2. The molecule has 0 atom stereocenters. The molecule has 0 aromatic carbocycles. The Bertz CT molecular complexity index is 430. The van der Waals surface area contributed by atoms with Crippen LogP contribution >= 0.6 is 27.5 Å². The molecule has 1 heterocycles. The van der Waals surface area contributed by atoms with Crippen LogP contribution in [-0.2, 0) is 4.74 Å². The third kappa shape index (κ3) is 3.42. The number of aryl methyl sites for hydroxylation is 1. The van der Waals surface area contributed by atoms with Crippen LogP contribution in [0.2, 0.25) is 5.15 Å². The summed E-state index contributed by atoms with van der Waals surface area (Å²) in [6, 6.07) is 0. The van der Waals surface area contributed by atoms with E-state index < -0.39 is 11.6 Å². The predicted octanol–water partition coefficient (Wildman–Crippen LogP) is 3.16. The number of esters is 1. The van der Waals surface area contributed by atoms with E-state index in [4.69, 9.17) is 16.3 Å². The molecule has 0 saturated carbocycles. The molecule has 0 bridgehead atoms. The number of nitrogens with zero attached hydrogens (tertiary/aromatic N) is 2. The maximum atomic E-state index is 11.7. The van der Waals surface area contributed by atoms with Crippen molar-refractivity contribution in [3.05, 3.63) is 21.1 Å². The van der Waals surface area contributed by atoms with E-state index in [1.807, 2.05) is 0 Å². The minimum Gasteiger partial charge on any atom is -0.455 e. The van der Waals surface area contributed by atoms with Crippen LogP contribution < -0.4 is 0 Å². The van der Waals surface area contributed by atoms with Crippen molar-refractivity contribution in [2.24, 2.45) is 0 Å². The first kappa shape index (κ1) is 13.4. The molecule has 0 unspecified atom stereocenters. The lowest BCUT2D eigenvalue weighted by Crippen LogP contribution is -2.25. The Labute approximate surface area is 108 Å². The van der Waals surface area contributed by atoms with Crippen LogP contribution in [0, 0.1) is 6.92 Å². The van der Waals surface area contributed by atoms with Gasteiger partial charge in [-0.05, 0) is 43.6 Å². The lowest BCUT2D eigenvalue weighted by Gasteiger charge is -2.19. The summed E-state index contributed by atoms with van der Waals surface area (Å²) in [4.78, 5) is 19.7. The first-order valence-corrected chi connectivity index (χ1v) is 5.81. The summed E-state index contributed by atoms with van der Waals surface area (Å²) >= 11 is 9.02. The molecular formula is C10H12BrClN2O2. The van der Waals surface area contributed by atoms with E-state index in [2.05, 4.69) is 25.9 Å². The van der Waals surface area contributed by atoms with Gasteiger partial charge < -0.3 is 4.74 Å². The summed E-state index contributed by atoms with van der Waals surface area (Å²) < 4.78 is 5.64. The van der Waals surface area contributed by atoms with Gasteiger partial charge in [-0.15, -0.1) is 0 Å². The van der Waals surface area contributed by atoms with Crippen LogP contribution in [0.15, 0.2) is 4.60 Å². The molecule has 0 amide bonds. The molecule has 16 heavy (non-hydrogen) atoms. The van der Waals surface area contributed by atoms with Gasteiger partial charge in [0.1, 0.15) is 10.2 Å². The summed E-state index contributed by atoms with van der Waals surface area (Å²) in [5.41, 5.74) is 0.0609. The highest BCUT2D eigenvalue weighted by atomic mass is 79.9. The van der Waals surface area contributed by atoms with Gasteiger partial charge in [-0.25, -0.2) is 14.8 Å². The minimum atomic E-state index is -0.584. The number of carbonyl (C=O) groups is 1. The van der Waals surface area contributed by atoms with E-state index in [9.17, 15) is 4.79 Å². The lowest BCUT2D eigenvalue weighted by molar-refractivity contribution is 0.00623. The van der Waals surface area contributed by atoms with Crippen molar-refractivity contribution >= 4 is 33.5 Å². The zero-order valence-corrected chi connectivity index (χ0v) is 11.8. The highest BCUT2D eigenvalue weighted by Gasteiger charge is 2.22. The Morgan fingerprint density at radius 2 is 1.94 bits per heavy atom. The molecule has 6 heteroatoms. The molecule has 0 spiro atoms. The second-order valence-corrected chi connectivity index (χ2v) is 5.35. The number of hydrogen-bond donors (Lipinski definition) is 0. The number of aromatic nitrogens is 2. The largest absolute Gasteiger partial charge is 0.455 e. The van der Waals surface area contributed by atoms with E-state index >= 15 is 0 Å². The van der Waals surface area contributed by atoms with Gasteiger partial charge in [0.15, 0.2) is 10.8 Å². The Morgan fingerprint density at radius 1 is 1.38 bits per heavy atom. The zero-order valence-electron chi connectivity index (χ0n) is 9.47. The van der Waals surface area contributed by atoms with Crippen LogP contribution in [0.5, 0.6) is 0 Å². The van der Waals surface area contributed by atoms with Crippen molar-refractivity contribution in [2.45, 2.75) is 33.3 Å². The molecule has 0 aliphatic rings. The Morgan fingerprint density at radius 3 is 2.44 bits per heavy atom. The van der Waals surface area contributed by atoms with E-state index in [0.717, 1.165) is 0 Å². The standard InChI is InChI=1S/C10H12BrClN2O2/c1-5-7(11)14-6(8(12)13-5)9(15)16-10(2,3)4/h1-4H3. The average molecular weight is 308 g/mol. The van der Waals surface area contributed by atoms with Gasteiger partial charge in [0.25, 0.3) is 0 Å². The smallest absolute Gasteiger partial charge is 0.360 e. The molecule has 4 nitrogen and oxygen atoms in total. The topological polar surface area (TPSA) is 52.1 Å². The van der Waals surface area contributed by atoms with E-state index in [-0.39, 0.29) is 10.8 Å². The molecule has 1 aromatic rings. The molecule has 0 N–H and O–H groups in total. The van der Waals surface area contributed by atoms with Crippen molar-refractivity contribution in [1.82, 2.24) is 9.97 Å². The monoisotopic (exact) mass is 306 g/mol. The SMILES string of the molecule is Cc1nc(Cl)c(C(=O)OC(C)(C)C)nc1Br. The van der Waals surface area contributed by atoms with E-state index in [0.29, 0.717) is 10.3 Å². The number of ether oxygens (including phenoxy) is 1. The van der Waals surface area contributed by atoms with E-state index in [1.54, 1.807) is 27.7 Å². The number of carbonyl (C=O) groups excluding carboxylic acids is 1. The highest BCUT2D eigenvalue weighted by Crippen LogP contribution is 2.20. The zero-order chi connectivity index (χ0) is 12.5. The Hall–Kier alpha value is -0.680. The van der Waals surface area contributed by atoms with Gasteiger partial charge in [-0.1, -0.05) is 11.6 Å². The minimum absolute atomic E-state index is 0.0223. The summed E-state index contributed by atoms with van der Waals surface area (Å²) in [7, 11) is 0. The van der Waals surface area contributed by atoms with Crippen LogP contribution in [0.3, 0.4) is 0 Å². The first-order chi connectivity index (χ1) is 7.20. The van der Waals surface area contributed by atoms with Gasteiger partial charge in [0, 0.05) is 0 Å². The Balaban J connectivity index is 3.05. The molecule has 88 valence electrons. The molecular weight excluding hydrogens is 295 g/mol. The van der Waals surface area contributed by atoms with Crippen LogP contribution in [0.25, 0.3) is 0 Å². The van der Waals surface area contributed by atoms with Crippen molar-refractivity contribution in [3.63, 3.8) is 0 Å². The van der Waals surface area contributed by atoms with Crippen LogP contribution in [-0.4, -0.2) is 21.5 Å². The molecule has 0 aliphatic heterocycles. The van der Waals surface area contributed by atoms with Crippen molar-refractivity contribution in [2.75, 3.05) is 0 Å². The maximum absolute atomic E-state index is 11.7. The fraction of sp³-hybridized carbons (Fsp3) is 0.500. The molecule has 0 aliphatic carbocycles. The normalized spacial score (nSPS) is 11.4. The molecule has 0 saturated heterocycles. The number of halogens is 2. The van der Waals surface area contributed by atoms with Gasteiger partial charge in [-0.3, -0.25) is 0 Å². The average Bonchev–Trinajstić information content (AvgIpc) is 2.08. The molecule has 0 fully saturated rings. The van der Waals surface area contributed by atoms with Crippen LogP contribution in [0.4, 0.5) is 0 Å². The van der Waals surface area contributed by atoms with E-state index in [1.165, 1.54) is 0 Å². The number of rotatable bonds is 1. The summed E-state index contributed by atoms with van der Waals surface area (Å²) in [5, 5.41) is 0.0509. The summed E-state index contributed by atoms with van der Waals surface area (Å²) in [6.07, 6.45) is 0. The van der Waals surface area contributed by atoms with Crippen molar-refractivity contribution < 1.29 is 9.53 Å². The molecule has 1 aromatic heterocycles. The predicted molar refractivity (Wildman–Crippen MR) is 64.6 cm³/mol. The van der Waals surface area contributed by atoms with Crippen molar-refractivity contribution in [1.29, 1.82) is 0 Å². The molecule has 0 radical (unpaired) electrons. The molecule has 1 rings (SSSR count). The quantitative estimate of drug-likeness (QED) is 0.748. The number of hydrogen-bond acceptors (Lipinski definition) is 4. The summed E-state index contributed by atoms with van der Waals surface area (Å²) in [6.45, 7) is 7.06. The van der Waals surface area contributed by atoms with Crippen molar-refractivity contribution in [3.8, 4) is 0 Å². The van der Waals surface area contributed by atoms with Crippen LogP contribution in [0.1, 0.15) is 37.0 Å². The van der Waals surface area contributed by atoms with Gasteiger partial charge in [0.2, 0.25) is 0 Å².